The van der Waals surface area contributed by atoms with Crippen LogP contribution in [0.15, 0.2) is 24.3 Å². The van der Waals surface area contributed by atoms with Crippen molar-refractivity contribution in [3.05, 3.63) is 29.8 Å². The lowest BCUT2D eigenvalue weighted by Gasteiger charge is -2.40. The van der Waals surface area contributed by atoms with E-state index in [2.05, 4.69) is 4.74 Å². The van der Waals surface area contributed by atoms with Crippen LogP contribution in [0.1, 0.15) is 5.56 Å². The largest absolute Gasteiger partial charge is 0.462 e. The molecule has 1 fully saturated rings. The molecule has 0 radical (unpaired) electrons. The monoisotopic (exact) mass is 314 g/mol. The number of hydrogen-bond acceptors (Lipinski definition) is 8. The van der Waals surface area contributed by atoms with Crippen LogP contribution in [0.3, 0.4) is 0 Å². The van der Waals surface area contributed by atoms with Crippen LogP contribution in [0.5, 0.6) is 5.75 Å². The minimum absolute atomic E-state index is 0.106. The molecule has 0 aromatic heterocycles. The van der Waals surface area contributed by atoms with Crippen molar-refractivity contribution in [2.24, 2.45) is 0 Å². The van der Waals surface area contributed by atoms with E-state index in [-0.39, 0.29) is 18.8 Å². The maximum Gasteiger partial charge on any atom is 0.293 e. The summed E-state index contributed by atoms with van der Waals surface area (Å²) in [5.41, 5.74) is 0.472. The topological polar surface area (TPSA) is 126 Å². The molecule has 1 saturated heterocycles. The third kappa shape index (κ3) is 3.37. The molecule has 5 atom stereocenters. The maximum atomic E-state index is 10.4. The third-order valence-corrected chi connectivity index (χ3v) is 3.42. The molecule has 0 amide bonds. The zero-order valence-corrected chi connectivity index (χ0v) is 11.6. The maximum absolute atomic E-state index is 10.4. The van der Waals surface area contributed by atoms with Gasteiger partial charge in [0.05, 0.1) is 13.2 Å². The minimum Gasteiger partial charge on any atom is -0.462 e. The van der Waals surface area contributed by atoms with Gasteiger partial charge in [0.25, 0.3) is 6.47 Å². The van der Waals surface area contributed by atoms with Crippen molar-refractivity contribution in [3.63, 3.8) is 0 Å². The number of rotatable bonds is 6. The first-order chi connectivity index (χ1) is 10.6. The summed E-state index contributed by atoms with van der Waals surface area (Å²) in [6, 6.07) is 6.57. The van der Waals surface area contributed by atoms with Crippen molar-refractivity contribution >= 4 is 6.47 Å². The highest BCUT2D eigenvalue weighted by Crippen LogP contribution is 2.27. The highest BCUT2D eigenvalue weighted by molar-refractivity contribution is 5.38. The Morgan fingerprint density at radius 3 is 2.55 bits per heavy atom. The second-order valence-electron chi connectivity index (χ2n) is 4.79. The van der Waals surface area contributed by atoms with E-state index in [1.165, 1.54) is 0 Å². The molecule has 8 nitrogen and oxygen atoms in total. The molecular formula is C14H18O8. The van der Waals surface area contributed by atoms with E-state index in [0.29, 0.717) is 5.56 Å². The van der Waals surface area contributed by atoms with Crippen LogP contribution in [0.25, 0.3) is 0 Å². The summed E-state index contributed by atoms with van der Waals surface area (Å²) in [4.78, 5) is 10.4. The molecule has 122 valence electrons. The Morgan fingerprint density at radius 1 is 1.18 bits per heavy atom. The van der Waals surface area contributed by atoms with E-state index in [4.69, 9.17) is 9.47 Å². The Bertz CT molecular complexity index is 491. The zero-order valence-electron chi connectivity index (χ0n) is 11.6. The number of benzene rings is 1. The van der Waals surface area contributed by atoms with Gasteiger partial charge >= 0.3 is 0 Å². The average molecular weight is 314 g/mol. The zero-order chi connectivity index (χ0) is 16.1. The van der Waals surface area contributed by atoms with Gasteiger partial charge in [0.1, 0.15) is 24.1 Å². The summed E-state index contributed by atoms with van der Waals surface area (Å²) >= 11 is 0. The molecule has 0 aliphatic carbocycles. The fraction of sp³-hybridized carbons (Fsp3) is 0.500. The molecule has 0 bridgehead atoms. The lowest BCUT2D eigenvalue weighted by atomic mass is 9.99. The SMILES string of the molecule is O=CO[C@H]1[C@H](O)[C@@H](O)[C@H](Oc2ccccc2CO)O[C@@H]1CO. The first kappa shape index (κ1) is 16.7. The molecule has 1 heterocycles. The Hall–Kier alpha value is -1.71. The Kier molecular flexibility index (Phi) is 5.69. The molecule has 1 aliphatic rings. The van der Waals surface area contributed by atoms with Crippen molar-refractivity contribution in [2.75, 3.05) is 6.61 Å². The summed E-state index contributed by atoms with van der Waals surface area (Å²) < 4.78 is 15.5. The minimum atomic E-state index is -1.50. The molecule has 0 unspecified atom stereocenters. The molecule has 22 heavy (non-hydrogen) atoms. The van der Waals surface area contributed by atoms with Crippen molar-refractivity contribution in [3.8, 4) is 5.75 Å². The highest BCUT2D eigenvalue weighted by Gasteiger charge is 2.47. The Labute approximate surface area is 126 Å². The van der Waals surface area contributed by atoms with Crippen LogP contribution >= 0.6 is 0 Å². The van der Waals surface area contributed by atoms with E-state index < -0.39 is 37.3 Å². The number of aliphatic hydroxyl groups excluding tert-OH is 4. The molecule has 0 saturated carbocycles. The lowest BCUT2D eigenvalue weighted by molar-refractivity contribution is -0.279. The summed E-state index contributed by atoms with van der Waals surface area (Å²) in [6.45, 7) is -0.708. The predicted octanol–water partition coefficient (Wildman–Crippen LogP) is -1.46. The molecule has 1 aromatic rings. The molecule has 2 rings (SSSR count). The molecule has 1 aromatic carbocycles. The summed E-state index contributed by atoms with van der Waals surface area (Å²) in [6.07, 6.45) is -6.52. The number of hydrogen-bond donors (Lipinski definition) is 4. The van der Waals surface area contributed by atoms with Crippen LogP contribution in [0, 0.1) is 0 Å². The van der Waals surface area contributed by atoms with Crippen LogP contribution < -0.4 is 4.74 Å². The lowest BCUT2D eigenvalue weighted by Crippen LogP contribution is -2.60. The van der Waals surface area contributed by atoms with Gasteiger partial charge in [-0.25, -0.2) is 0 Å². The highest BCUT2D eigenvalue weighted by atomic mass is 16.7. The number of carbonyl (C=O) groups excluding carboxylic acids is 1. The fourth-order valence-corrected chi connectivity index (χ4v) is 2.26. The van der Waals surface area contributed by atoms with Crippen LogP contribution in [0.2, 0.25) is 0 Å². The second kappa shape index (κ2) is 7.52. The summed E-state index contributed by atoms with van der Waals surface area (Å²) in [5.74, 6) is 0.271. The van der Waals surface area contributed by atoms with Gasteiger partial charge in [-0.2, -0.15) is 0 Å². The normalized spacial score (nSPS) is 31.5. The van der Waals surface area contributed by atoms with Gasteiger partial charge < -0.3 is 34.6 Å². The predicted molar refractivity (Wildman–Crippen MR) is 71.7 cm³/mol. The molecule has 8 heteroatoms. The quantitative estimate of drug-likeness (QED) is 0.469. The van der Waals surface area contributed by atoms with Gasteiger partial charge in [-0.15, -0.1) is 0 Å². The fourth-order valence-electron chi connectivity index (χ4n) is 2.26. The molecule has 0 spiro atoms. The van der Waals surface area contributed by atoms with Crippen molar-refractivity contribution in [1.82, 2.24) is 0 Å². The Balaban J connectivity index is 2.16. The smallest absolute Gasteiger partial charge is 0.293 e. The van der Waals surface area contributed by atoms with Crippen LogP contribution in [-0.4, -0.2) is 64.2 Å². The van der Waals surface area contributed by atoms with Gasteiger partial charge in [-0.1, -0.05) is 18.2 Å². The number of aliphatic hydroxyl groups is 4. The number of ether oxygens (including phenoxy) is 3. The van der Waals surface area contributed by atoms with Crippen LogP contribution in [0.4, 0.5) is 0 Å². The third-order valence-electron chi connectivity index (χ3n) is 3.42. The molecular weight excluding hydrogens is 296 g/mol. The number of carbonyl (C=O) groups is 1. The van der Waals surface area contributed by atoms with E-state index in [9.17, 15) is 25.2 Å². The molecule has 1 aliphatic heterocycles. The number of para-hydroxylation sites is 1. The van der Waals surface area contributed by atoms with E-state index in [1.54, 1.807) is 24.3 Å². The van der Waals surface area contributed by atoms with E-state index in [0.717, 1.165) is 0 Å². The van der Waals surface area contributed by atoms with Gasteiger partial charge in [-0.05, 0) is 6.07 Å². The first-order valence-corrected chi connectivity index (χ1v) is 6.69. The van der Waals surface area contributed by atoms with Crippen molar-refractivity contribution in [1.29, 1.82) is 0 Å². The second-order valence-corrected chi connectivity index (χ2v) is 4.79. The Morgan fingerprint density at radius 2 is 1.91 bits per heavy atom. The van der Waals surface area contributed by atoms with Crippen LogP contribution in [-0.2, 0) is 20.9 Å². The van der Waals surface area contributed by atoms with Crippen molar-refractivity contribution in [2.45, 2.75) is 37.3 Å². The van der Waals surface area contributed by atoms with E-state index in [1.807, 2.05) is 0 Å². The first-order valence-electron chi connectivity index (χ1n) is 6.69. The average Bonchev–Trinajstić information content (AvgIpc) is 2.55. The van der Waals surface area contributed by atoms with Gasteiger partial charge in [0.2, 0.25) is 6.29 Å². The van der Waals surface area contributed by atoms with E-state index >= 15 is 0 Å². The standard InChI is InChI=1S/C14H18O8/c15-5-8-3-1-2-4-9(8)21-14-12(19)11(18)13(20-7-17)10(6-16)22-14/h1-4,7,10-16,18-19H,5-6H2/t10-,11-,12-,13-,14-/m1/s1. The van der Waals surface area contributed by atoms with Gasteiger partial charge in [-0.3, -0.25) is 4.79 Å². The van der Waals surface area contributed by atoms with Gasteiger partial charge in [0, 0.05) is 5.56 Å². The van der Waals surface area contributed by atoms with Gasteiger partial charge in [0.15, 0.2) is 6.10 Å². The summed E-state index contributed by atoms with van der Waals surface area (Å²) in [5, 5.41) is 38.5. The summed E-state index contributed by atoms with van der Waals surface area (Å²) in [7, 11) is 0. The molecule has 4 N–H and O–H groups in total. The van der Waals surface area contributed by atoms with Crippen molar-refractivity contribution < 1.29 is 39.4 Å².